The van der Waals surface area contributed by atoms with E-state index >= 15 is 0 Å². The van der Waals surface area contributed by atoms with Gasteiger partial charge in [-0.25, -0.2) is 4.79 Å². The molecule has 2 aromatic carbocycles. The average Bonchev–Trinajstić information content (AvgIpc) is 2.56. The van der Waals surface area contributed by atoms with Gasteiger partial charge in [-0.1, -0.05) is 59.7 Å². The molecule has 0 saturated carbocycles. The Hall–Kier alpha value is -2.95. The largest absolute Gasteiger partial charge is 0.328 e. The Bertz CT molecular complexity index is 754. The predicted molar refractivity (Wildman–Crippen MR) is 93.9 cm³/mol. The van der Waals surface area contributed by atoms with Crippen LogP contribution in [0.4, 0.5) is 4.79 Å². The lowest BCUT2D eigenvalue weighted by molar-refractivity contribution is -0.144. The number of imide groups is 2. The van der Waals surface area contributed by atoms with Gasteiger partial charge in [0.05, 0.1) is 0 Å². The molecule has 5 nitrogen and oxygen atoms in total. The van der Waals surface area contributed by atoms with E-state index in [-0.39, 0.29) is 12.8 Å². The Balaban J connectivity index is 1.99. The second-order valence-electron chi connectivity index (χ2n) is 6.64. The fraction of sp³-hybridized carbons (Fsp3) is 0.250. The molecule has 1 fully saturated rings. The van der Waals surface area contributed by atoms with Crippen LogP contribution in [0.1, 0.15) is 22.3 Å². The second kappa shape index (κ2) is 6.51. The summed E-state index contributed by atoms with van der Waals surface area (Å²) in [5.74, 6) is -1.11. The molecule has 5 heteroatoms. The van der Waals surface area contributed by atoms with Crippen LogP contribution >= 0.6 is 0 Å². The van der Waals surface area contributed by atoms with Gasteiger partial charge in [0, 0.05) is 0 Å². The summed E-state index contributed by atoms with van der Waals surface area (Å²) in [6.07, 6.45) is 0.457. The number of rotatable bonds is 4. The van der Waals surface area contributed by atoms with Crippen molar-refractivity contribution in [1.29, 1.82) is 0 Å². The van der Waals surface area contributed by atoms with Gasteiger partial charge in [0.15, 0.2) is 0 Å². The number of urea groups is 1. The number of aryl methyl sites for hydroxylation is 2. The second-order valence-corrected chi connectivity index (χ2v) is 6.64. The third-order valence-corrected chi connectivity index (χ3v) is 4.58. The number of hydrogen-bond acceptors (Lipinski definition) is 3. The van der Waals surface area contributed by atoms with Crippen LogP contribution in [0.25, 0.3) is 0 Å². The van der Waals surface area contributed by atoms with Crippen LogP contribution in [-0.2, 0) is 22.4 Å². The van der Waals surface area contributed by atoms with E-state index in [1.165, 1.54) is 0 Å². The predicted octanol–water partition coefficient (Wildman–Crippen LogP) is 2.44. The maximum atomic E-state index is 12.7. The third kappa shape index (κ3) is 3.45. The van der Waals surface area contributed by atoms with Gasteiger partial charge in [-0.3, -0.25) is 20.2 Å². The molecular weight excluding hydrogens is 316 g/mol. The van der Waals surface area contributed by atoms with Gasteiger partial charge in [-0.15, -0.1) is 0 Å². The molecule has 0 unspecified atom stereocenters. The lowest BCUT2D eigenvalue weighted by atomic mass is 9.74. The molecule has 2 aromatic rings. The fourth-order valence-corrected chi connectivity index (χ4v) is 3.07. The minimum Gasteiger partial charge on any atom is -0.277 e. The number of hydrogen-bond donors (Lipinski definition) is 2. The van der Waals surface area contributed by atoms with Gasteiger partial charge in [0.1, 0.15) is 5.41 Å². The molecule has 128 valence electrons. The van der Waals surface area contributed by atoms with Crippen LogP contribution in [0.15, 0.2) is 48.5 Å². The fourth-order valence-electron chi connectivity index (χ4n) is 3.07. The van der Waals surface area contributed by atoms with E-state index < -0.39 is 23.3 Å². The molecule has 1 aliphatic rings. The third-order valence-electron chi connectivity index (χ3n) is 4.58. The molecular formula is C20H20N2O3. The first-order valence-corrected chi connectivity index (χ1v) is 8.17. The minimum atomic E-state index is -1.35. The maximum absolute atomic E-state index is 12.7. The zero-order valence-corrected chi connectivity index (χ0v) is 14.3. The molecule has 0 bridgehead atoms. The minimum absolute atomic E-state index is 0.228. The van der Waals surface area contributed by atoms with Crippen LogP contribution in [0.5, 0.6) is 0 Å². The average molecular weight is 336 g/mol. The summed E-state index contributed by atoms with van der Waals surface area (Å²) >= 11 is 0. The van der Waals surface area contributed by atoms with Gasteiger partial charge in [-0.2, -0.15) is 0 Å². The van der Waals surface area contributed by atoms with Gasteiger partial charge >= 0.3 is 6.03 Å². The summed E-state index contributed by atoms with van der Waals surface area (Å²) in [7, 11) is 0. The van der Waals surface area contributed by atoms with Crippen molar-refractivity contribution in [3.05, 3.63) is 70.8 Å². The Labute approximate surface area is 146 Å². The topological polar surface area (TPSA) is 75.3 Å². The first-order chi connectivity index (χ1) is 11.9. The van der Waals surface area contributed by atoms with Crippen LogP contribution in [0.3, 0.4) is 0 Å². The highest BCUT2D eigenvalue weighted by Crippen LogP contribution is 2.31. The summed E-state index contributed by atoms with van der Waals surface area (Å²) in [5, 5.41) is 4.51. The number of barbiturate groups is 1. The summed E-state index contributed by atoms with van der Waals surface area (Å²) in [6.45, 7) is 3.95. The van der Waals surface area contributed by atoms with E-state index in [4.69, 9.17) is 0 Å². The Morgan fingerprint density at radius 2 is 1.04 bits per heavy atom. The molecule has 1 heterocycles. The van der Waals surface area contributed by atoms with E-state index in [1.54, 1.807) is 0 Å². The van der Waals surface area contributed by atoms with Crippen LogP contribution < -0.4 is 10.6 Å². The molecule has 0 spiro atoms. The van der Waals surface area contributed by atoms with Gasteiger partial charge in [0.25, 0.3) is 0 Å². The van der Waals surface area contributed by atoms with E-state index in [2.05, 4.69) is 10.6 Å². The lowest BCUT2D eigenvalue weighted by Gasteiger charge is -2.34. The molecule has 2 N–H and O–H groups in total. The van der Waals surface area contributed by atoms with E-state index in [0.717, 1.165) is 22.3 Å². The normalized spacial score (nSPS) is 16.3. The van der Waals surface area contributed by atoms with Crippen molar-refractivity contribution in [3.63, 3.8) is 0 Å². The Kier molecular flexibility index (Phi) is 4.40. The van der Waals surface area contributed by atoms with E-state index in [9.17, 15) is 14.4 Å². The molecule has 0 aromatic heterocycles. The van der Waals surface area contributed by atoms with Crippen molar-refractivity contribution in [1.82, 2.24) is 10.6 Å². The smallest absolute Gasteiger partial charge is 0.277 e. The highest BCUT2D eigenvalue weighted by Gasteiger charge is 2.50. The van der Waals surface area contributed by atoms with Gasteiger partial charge < -0.3 is 0 Å². The van der Waals surface area contributed by atoms with Crippen molar-refractivity contribution in [2.45, 2.75) is 26.7 Å². The zero-order chi connectivity index (χ0) is 18.0. The van der Waals surface area contributed by atoms with E-state index in [1.807, 2.05) is 62.4 Å². The summed E-state index contributed by atoms with van der Waals surface area (Å²) in [4.78, 5) is 36.9. The number of carbonyl (C=O) groups excluding carboxylic acids is 3. The number of benzene rings is 2. The van der Waals surface area contributed by atoms with Crippen LogP contribution in [-0.4, -0.2) is 17.8 Å². The molecule has 0 radical (unpaired) electrons. The quantitative estimate of drug-likeness (QED) is 0.842. The van der Waals surface area contributed by atoms with E-state index in [0.29, 0.717) is 0 Å². The standard InChI is InChI=1S/C20H20N2O3/c1-13-3-7-15(8-4-13)11-20(12-16-9-5-14(2)6-10-16)17(23)21-19(25)22-18(20)24/h3-10H,11-12H2,1-2H3,(H2,21,22,23,24,25). The highest BCUT2D eigenvalue weighted by atomic mass is 16.2. The van der Waals surface area contributed by atoms with Crippen LogP contribution in [0.2, 0.25) is 0 Å². The molecule has 4 amide bonds. The lowest BCUT2D eigenvalue weighted by Crippen LogP contribution is -2.64. The Morgan fingerprint density at radius 1 is 0.680 bits per heavy atom. The highest BCUT2D eigenvalue weighted by molar-refractivity contribution is 6.19. The number of amides is 4. The molecule has 3 rings (SSSR count). The van der Waals surface area contributed by atoms with Crippen molar-refractivity contribution in [2.24, 2.45) is 5.41 Å². The summed E-state index contributed by atoms with van der Waals surface area (Å²) in [5.41, 5.74) is 2.60. The number of carbonyl (C=O) groups is 3. The molecule has 1 saturated heterocycles. The zero-order valence-electron chi connectivity index (χ0n) is 14.3. The van der Waals surface area contributed by atoms with Gasteiger partial charge in [-0.05, 0) is 37.8 Å². The van der Waals surface area contributed by atoms with Crippen molar-refractivity contribution in [2.75, 3.05) is 0 Å². The molecule has 1 aliphatic heterocycles. The van der Waals surface area contributed by atoms with Crippen molar-refractivity contribution < 1.29 is 14.4 Å². The molecule has 0 atom stereocenters. The Morgan fingerprint density at radius 3 is 1.40 bits per heavy atom. The van der Waals surface area contributed by atoms with Crippen LogP contribution in [0, 0.1) is 19.3 Å². The first kappa shape index (κ1) is 16.9. The molecule has 25 heavy (non-hydrogen) atoms. The molecule has 0 aliphatic carbocycles. The van der Waals surface area contributed by atoms with Crippen molar-refractivity contribution >= 4 is 17.8 Å². The van der Waals surface area contributed by atoms with Crippen molar-refractivity contribution in [3.8, 4) is 0 Å². The monoisotopic (exact) mass is 336 g/mol. The van der Waals surface area contributed by atoms with Gasteiger partial charge in [0.2, 0.25) is 11.8 Å². The maximum Gasteiger partial charge on any atom is 0.328 e. The summed E-state index contributed by atoms with van der Waals surface area (Å²) in [6, 6.07) is 14.6. The summed E-state index contributed by atoms with van der Waals surface area (Å²) < 4.78 is 0. The SMILES string of the molecule is Cc1ccc(CC2(Cc3ccc(C)cc3)C(=O)NC(=O)NC2=O)cc1. The number of nitrogens with one attached hydrogen (secondary N) is 2. The first-order valence-electron chi connectivity index (χ1n) is 8.17.